The molecule has 0 spiro atoms. The molecule has 1 aromatic heterocycles. The minimum atomic E-state index is -2.14. The predicted molar refractivity (Wildman–Crippen MR) is 105 cm³/mol. The third-order valence-electron chi connectivity index (χ3n) is 4.91. The quantitative estimate of drug-likeness (QED) is 0.534. The van der Waals surface area contributed by atoms with E-state index in [0.717, 1.165) is 0 Å². The lowest BCUT2D eigenvalue weighted by Gasteiger charge is -2.16. The van der Waals surface area contributed by atoms with Gasteiger partial charge in [0.15, 0.2) is 5.69 Å². The minimum Gasteiger partial charge on any atom is -0.387 e. The SMILES string of the molecule is CN1C[C@@H](O)[C@@](O)(C#Cc2cccc(-n3nc(C(N)=O)c4ccccc43)c2)C1=O. The highest BCUT2D eigenvalue weighted by atomic mass is 16.4. The van der Waals surface area contributed by atoms with Gasteiger partial charge in [-0.25, -0.2) is 4.68 Å². The molecule has 1 aliphatic heterocycles. The number of amides is 2. The van der Waals surface area contributed by atoms with E-state index >= 15 is 0 Å². The zero-order valence-corrected chi connectivity index (χ0v) is 15.5. The van der Waals surface area contributed by atoms with Gasteiger partial charge in [-0.2, -0.15) is 5.10 Å². The van der Waals surface area contributed by atoms with Crippen LogP contribution in [0.2, 0.25) is 0 Å². The average molecular weight is 390 g/mol. The van der Waals surface area contributed by atoms with Crippen molar-refractivity contribution in [3.8, 4) is 17.5 Å². The second kappa shape index (κ2) is 6.74. The molecule has 2 aromatic carbocycles. The van der Waals surface area contributed by atoms with E-state index in [9.17, 15) is 19.8 Å². The van der Waals surface area contributed by atoms with Crippen LogP contribution in [-0.4, -0.2) is 62.0 Å². The number of nitrogens with zero attached hydrogens (tertiary/aromatic N) is 3. The summed E-state index contributed by atoms with van der Waals surface area (Å²) in [4.78, 5) is 25.1. The van der Waals surface area contributed by atoms with Crippen molar-refractivity contribution in [3.63, 3.8) is 0 Å². The number of β-amino-alcohol motifs (C(OH)–C–C–N with tert-alkyl or cyclic N) is 1. The van der Waals surface area contributed by atoms with Gasteiger partial charge in [0.05, 0.1) is 17.7 Å². The Kier molecular flexibility index (Phi) is 4.34. The summed E-state index contributed by atoms with van der Waals surface area (Å²) < 4.78 is 1.58. The van der Waals surface area contributed by atoms with Gasteiger partial charge in [0.2, 0.25) is 5.60 Å². The monoisotopic (exact) mass is 390 g/mol. The fraction of sp³-hybridized carbons (Fsp3) is 0.190. The first-order valence-electron chi connectivity index (χ1n) is 8.88. The van der Waals surface area contributed by atoms with Crippen LogP contribution in [0.1, 0.15) is 16.1 Å². The average Bonchev–Trinajstić information content (AvgIpc) is 3.19. The van der Waals surface area contributed by atoms with E-state index in [1.807, 2.05) is 12.1 Å². The van der Waals surface area contributed by atoms with Gasteiger partial charge in [-0.1, -0.05) is 30.2 Å². The molecule has 2 amide bonds. The standard InChI is InChI=1S/C21H18N4O4/c1-24-12-17(26)21(29,20(24)28)10-9-13-5-4-6-14(11-13)25-16-8-3-2-7-15(16)18(23-25)19(22)27/h2-8,11,17,26,29H,12H2,1H3,(H2,22,27)/t17-,21+/m1/s1. The summed E-state index contributed by atoms with van der Waals surface area (Å²) in [6, 6.07) is 14.1. The lowest BCUT2D eigenvalue weighted by atomic mass is 10.00. The molecule has 0 radical (unpaired) electrons. The maximum atomic E-state index is 12.1. The van der Waals surface area contributed by atoms with Gasteiger partial charge in [-0.05, 0) is 30.2 Å². The van der Waals surface area contributed by atoms with Gasteiger partial charge in [0, 0.05) is 18.0 Å². The van der Waals surface area contributed by atoms with E-state index in [4.69, 9.17) is 5.73 Å². The first-order chi connectivity index (χ1) is 13.8. The first-order valence-corrected chi connectivity index (χ1v) is 8.88. The lowest BCUT2D eigenvalue weighted by Crippen LogP contribution is -2.44. The second-order valence-electron chi connectivity index (χ2n) is 6.91. The second-order valence-corrected chi connectivity index (χ2v) is 6.91. The van der Waals surface area contributed by atoms with Crippen LogP contribution in [0.15, 0.2) is 48.5 Å². The fourth-order valence-corrected chi connectivity index (χ4v) is 3.37. The van der Waals surface area contributed by atoms with Crippen molar-refractivity contribution in [2.24, 2.45) is 5.73 Å². The Labute approximate surface area is 166 Å². The Morgan fingerprint density at radius 1 is 1.28 bits per heavy atom. The van der Waals surface area contributed by atoms with E-state index in [2.05, 4.69) is 16.9 Å². The van der Waals surface area contributed by atoms with Crippen LogP contribution in [0.5, 0.6) is 0 Å². The summed E-state index contributed by atoms with van der Waals surface area (Å²) >= 11 is 0. The van der Waals surface area contributed by atoms with Crippen LogP contribution in [0.3, 0.4) is 0 Å². The molecule has 146 valence electrons. The highest BCUT2D eigenvalue weighted by Crippen LogP contribution is 2.24. The van der Waals surface area contributed by atoms with Gasteiger partial charge < -0.3 is 20.8 Å². The topological polar surface area (TPSA) is 122 Å². The van der Waals surface area contributed by atoms with Crippen molar-refractivity contribution in [2.75, 3.05) is 13.6 Å². The number of likely N-dealkylation sites (tertiary alicyclic amines) is 1. The van der Waals surface area contributed by atoms with E-state index < -0.39 is 23.5 Å². The summed E-state index contributed by atoms with van der Waals surface area (Å²) in [7, 11) is 1.49. The van der Waals surface area contributed by atoms with Crippen LogP contribution >= 0.6 is 0 Å². The zero-order chi connectivity index (χ0) is 20.8. The molecule has 1 saturated heterocycles. The third kappa shape index (κ3) is 3.02. The van der Waals surface area contributed by atoms with E-state index in [0.29, 0.717) is 22.2 Å². The van der Waals surface area contributed by atoms with Crippen LogP contribution < -0.4 is 5.73 Å². The molecule has 0 bridgehead atoms. The number of carbonyl (C=O) groups is 2. The number of aliphatic hydroxyl groups is 2. The Hall–Kier alpha value is -3.67. The number of fused-ring (bicyclic) bond motifs is 1. The molecule has 4 rings (SSSR count). The van der Waals surface area contributed by atoms with Crippen molar-refractivity contribution in [1.82, 2.24) is 14.7 Å². The number of hydrogen-bond acceptors (Lipinski definition) is 5. The zero-order valence-electron chi connectivity index (χ0n) is 15.5. The van der Waals surface area contributed by atoms with Gasteiger partial charge >= 0.3 is 0 Å². The number of rotatable bonds is 2. The van der Waals surface area contributed by atoms with Gasteiger partial charge in [-0.15, -0.1) is 0 Å². The van der Waals surface area contributed by atoms with Crippen LogP contribution in [0, 0.1) is 11.8 Å². The predicted octanol–water partition coefficient (Wildman–Crippen LogP) is 0.0399. The largest absolute Gasteiger partial charge is 0.387 e. The van der Waals surface area contributed by atoms with Gasteiger partial charge in [0.25, 0.3) is 11.8 Å². The fourth-order valence-electron chi connectivity index (χ4n) is 3.37. The lowest BCUT2D eigenvalue weighted by molar-refractivity contribution is -0.140. The number of aromatic nitrogens is 2. The third-order valence-corrected chi connectivity index (χ3v) is 4.91. The van der Waals surface area contributed by atoms with Gasteiger partial charge in [0.1, 0.15) is 6.10 Å². The molecule has 0 aliphatic carbocycles. The summed E-state index contributed by atoms with van der Waals surface area (Å²) in [5.74, 6) is 3.99. The summed E-state index contributed by atoms with van der Waals surface area (Å²) in [5, 5.41) is 25.4. The molecule has 0 unspecified atom stereocenters. The molecule has 29 heavy (non-hydrogen) atoms. The molecule has 4 N–H and O–H groups in total. The van der Waals surface area contributed by atoms with Crippen LogP contribution in [0.25, 0.3) is 16.6 Å². The molecular weight excluding hydrogens is 372 g/mol. The van der Waals surface area contributed by atoms with Crippen molar-refractivity contribution in [3.05, 3.63) is 59.8 Å². The number of primary amides is 1. The van der Waals surface area contributed by atoms with Crippen LogP contribution in [-0.2, 0) is 4.79 Å². The number of aliphatic hydroxyl groups excluding tert-OH is 1. The molecule has 1 aliphatic rings. The Bertz CT molecular complexity index is 1210. The molecule has 8 heteroatoms. The minimum absolute atomic E-state index is 0.0131. The molecule has 3 aromatic rings. The van der Waals surface area contributed by atoms with Crippen molar-refractivity contribution in [1.29, 1.82) is 0 Å². The Morgan fingerprint density at radius 3 is 2.72 bits per heavy atom. The summed E-state index contributed by atoms with van der Waals surface area (Å²) in [6.45, 7) is 0.0131. The van der Waals surface area contributed by atoms with E-state index in [1.165, 1.54) is 11.9 Å². The highest BCUT2D eigenvalue weighted by Gasteiger charge is 2.50. The van der Waals surface area contributed by atoms with E-state index in [1.54, 1.807) is 41.1 Å². The van der Waals surface area contributed by atoms with Gasteiger partial charge in [-0.3, -0.25) is 9.59 Å². The number of carbonyl (C=O) groups excluding carboxylic acids is 2. The molecule has 2 atom stereocenters. The summed E-state index contributed by atoms with van der Waals surface area (Å²) in [6.07, 6.45) is -1.29. The Morgan fingerprint density at radius 2 is 2.03 bits per heavy atom. The molecular formula is C21H18N4O4. The normalized spacial score (nSPS) is 21.3. The molecule has 8 nitrogen and oxygen atoms in total. The maximum absolute atomic E-state index is 12.1. The molecule has 1 fully saturated rings. The molecule has 2 heterocycles. The highest BCUT2D eigenvalue weighted by molar-refractivity contribution is 6.04. The number of para-hydroxylation sites is 1. The molecule has 0 saturated carbocycles. The van der Waals surface area contributed by atoms with Crippen molar-refractivity contribution >= 4 is 22.7 Å². The Balaban J connectivity index is 1.76. The number of benzene rings is 2. The van der Waals surface area contributed by atoms with Crippen molar-refractivity contribution in [2.45, 2.75) is 11.7 Å². The van der Waals surface area contributed by atoms with Crippen LogP contribution in [0.4, 0.5) is 0 Å². The van der Waals surface area contributed by atoms with Crippen molar-refractivity contribution < 1.29 is 19.8 Å². The summed E-state index contributed by atoms with van der Waals surface area (Å²) in [5.41, 5.74) is 5.31. The maximum Gasteiger partial charge on any atom is 0.269 e. The number of nitrogens with two attached hydrogens (primary N) is 1. The van der Waals surface area contributed by atoms with E-state index in [-0.39, 0.29) is 12.2 Å². The number of likely N-dealkylation sites (N-methyl/N-ethyl adjacent to an activating group) is 1. The smallest absolute Gasteiger partial charge is 0.269 e. The first kappa shape index (κ1) is 18.7. The number of hydrogen-bond donors (Lipinski definition) is 3.